The van der Waals surface area contributed by atoms with Gasteiger partial charge in [0.2, 0.25) is 0 Å². The molecule has 1 aromatic rings. The Hall–Kier alpha value is -2.30. The number of urea groups is 1. The van der Waals surface area contributed by atoms with Gasteiger partial charge in [0.15, 0.2) is 18.1 Å². The van der Waals surface area contributed by atoms with E-state index in [-0.39, 0.29) is 18.2 Å². The smallest absolute Gasteiger partial charge is 0.343 e. The Labute approximate surface area is 158 Å². The maximum Gasteiger partial charge on any atom is 0.343 e. The minimum absolute atomic E-state index is 0.188. The van der Waals surface area contributed by atoms with Crippen LogP contribution in [0, 0.1) is 3.57 Å². The van der Waals surface area contributed by atoms with Gasteiger partial charge in [-0.25, -0.2) is 9.59 Å². The first-order chi connectivity index (χ1) is 11.9. The molecule has 0 unspecified atom stereocenters. The van der Waals surface area contributed by atoms with Crippen LogP contribution in [-0.2, 0) is 14.3 Å². The van der Waals surface area contributed by atoms with E-state index >= 15 is 0 Å². The van der Waals surface area contributed by atoms with Gasteiger partial charge in [-0.15, -0.1) is 0 Å². The zero-order chi connectivity index (χ0) is 18.6. The summed E-state index contributed by atoms with van der Waals surface area (Å²) in [6.07, 6.45) is 1.56. The molecule has 1 aliphatic rings. The average molecular weight is 460 g/mol. The highest BCUT2D eigenvalue weighted by molar-refractivity contribution is 14.1. The van der Waals surface area contributed by atoms with Gasteiger partial charge in [0.25, 0.3) is 5.91 Å². The van der Waals surface area contributed by atoms with Gasteiger partial charge in [0, 0.05) is 6.54 Å². The maximum atomic E-state index is 12.1. The number of likely N-dealkylation sites (N-methyl/N-ethyl adjacent to an activating group) is 1. The van der Waals surface area contributed by atoms with Gasteiger partial charge in [-0.3, -0.25) is 9.69 Å². The number of amides is 3. The van der Waals surface area contributed by atoms with E-state index in [0.717, 1.165) is 4.90 Å². The number of carbonyl (C=O) groups excluding carboxylic acids is 3. The molecule has 1 heterocycles. The van der Waals surface area contributed by atoms with E-state index in [2.05, 4.69) is 10.1 Å². The summed E-state index contributed by atoms with van der Waals surface area (Å²) in [4.78, 5) is 36.2. The van der Waals surface area contributed by atoms with Gasteiger partial charge < -0.3 is 19.5 Å². The van der Waals surface area contributed by atoms with Crippen LogP contribution in [0.2, 0.25) is 0 Å². The Morgan fingerprint density at radius 3 is 2.60 bits per heavy atom. The molecule has 1 aliphatic heterocycles. The monoisotopic (exact) mass is 460 g/mol. The Kier molecular flexibility index (Phi) is 6.23. The number of benzene rings is 1. The topological polar surface area (TPSA) is 94.2 Å². The lowest BCUT2D eigenvalue weighted by Gasteiger charge is -2.13. The molecule has 1 N–H and O–H groups in total. The van der Waals surface area contributed by atoms with Crippen molar-refractivity contribution in [1.82, 2.24) is 10.2 Å². The van der Waals surface area contributed by atoms with Crippen molar-refractivity contribution in [1.29, 1.82) is 0 Å². The summed E-state index contributed by atoms with van der Waals surface area (Å²) >= 11 is 2.03. The Balaban J connectivity index is 2.30. The number of methoxy groups -OCH3 is 2. The predicted molar refractivity (Wildman–Crippen MR) is 97.1 cm³/mol. The summed E-state index contributed by atoms with van der Waals surface area (Å²) in [6, 6.07) is 2.95. The van der Waals surface area contributed by atoms with E-state index in [4.69, 9.17) is 9.47 Å². The molecule has 0 bridgehead atoms. The third-order valence-corrected chi connectivity index (χ3v) is 4.20. The van der Waals surface area contributed by atoms with E-state index in [1.165, 1.54) is 14.2 Å². The molecule has 0 atom stereocenters. The Morgan fingerprint density at radius 2 is 2.04 bits per heavy atom. The number of rotatable bonds is 6. The molecule has 25 heavy (non-hydrogen) atoms. The van der Waals surface area contributed by atoms with Crippen LogP contribution in [-0.4, -0.2) is 50.2 Å². The molecule has 0 spiro atoms. The van der Waals surface area contributed by atoms with Gasteiger partial charge in [0.05, 0.1) is 17.8 Å². The van der Waals surface area contributed by atoms with Gasteiger partial charge in [-0.1, -0.05) is 0 Å². The number of ether oxygens (including phenoxy) is 3. The van der Waals surface area contributed by atoms with Crippen LogP contribution in [0.1, 0.15) is 12.5 Å². The van der Waals surface area contributed by atoms with Crippen LogP contribution in [0.5, 0.6) is 11.5 Å². The molecule has 0 aromatic heterocycles. The molecule has 134 valence electrons. The van der Waals surface area contributed by atoms with E-state index < -0.39 is 12.0 Å². The third kappa shape index (κ3) is 4.21. The molecular weight excluding hydrogens is 443 g/mol. The fraction of sp³-hybridized carbons (Fsp3) is 0.312. The summed E-state index contributed by atoms with van der Waals surface area (Å²) in [5, 5.41) is 2.54. The highest BCUT2D eigenvalue weighted by Crippen LogP contribution is 2.34. The number of carbonyl (C=O) groups is 3. The third-order valence-electron chi connectivity index (χ3n) is 3.40. The zero-order valence-electron chi connectivity index (χ0n) is 13.9. The Morgan fingerprint density at radius 1 is 1.32 bits per heavy atom. The van der Waals surface area contributed by atoms with Crippen molar-refractivity contribution in [3.63, 3.8) is 0 Å². The lowest BCUT2D eigenvalue weighted by Crippen LogP contribution is -2.30. The van der Waals surface area contributed by atoms with E-state index in [0.29, 0.717) is 27.2 Å². The van der Waals surface area contributed by atoms with Crippen molar-refractivity contribution in [2.45, 2.75) is 6.92 Å². The normalized spacial score (nSPS) is 15.4. The summed E-state index contributed by atoms with van der Waals surface area (Å²) in [6.45, 7) is 1.77. The van der Waals surface area contributed by atoms with Crippen LogP contribution < -0.4 is 14.8 Å². The number of esters is 1. The summed E-state index contributed by atoms with van der Waals surface area (Å²) in [5.74, 6) is -0.102. The van der Waals surface area contributed by atoms with E-state index in [9.17, 15) is 14.4 Å². The summed E-state index contributed by atoms with van der Waals surface area (Å²) in [7, 11) is 2.74. The van der Waals surface area contributed by atoms with Crippen molar-refractivity contribution >= 4 is 46.6 Å². The van der Waals surface area contributed by atoms with Crippen LogP contribution in [0.15, 0.2) is 17.8 Å². The molecule has 1 fully saturated rings. The van der Waals surface area contributed by atoms with Gasteiger partial charge in [-0.2, -0.15) is 0 Å². The molecule has 3 amide bonds. The first-order valence-electron chi connectivity index (χ1n) is 7.33. The van der Waals surface area contributed by atoms with Crippen LogP contribution in [0.3, 0.4) is 0 Å². The number of imide groups is 1. The minimum Gasteiger partial charge on any atom is -0.493 e. The SMILES string of the molecule is CCN1C(=O)N/C(=C/c2cc(I)c(OCC(=O)OC)c(OC)c2)C1=O. The fourth-order valence-electron chi connectivity index (χ4n) is 2.18. The van der Waals surface area contributed by atoms with Crippen molar-refractivity contribution in [3.8, 4) is 11.5 Å². The first kappa shape index (κ1) is 19.0. The minimum atomic E-state index is -0.511. The number of hydrogen-bond acceptors (Lipinski definition) is 6. The van der Waals surface area contributed by atoms with E-state index in [1.54, 1.807) is 25.1 Å². The molecule has 0 saturated carbocycles. The van der Waals surface area contributed by atoms with Crippen molar-refractivity contribution in [3.05, 3.63) is 27.0 Å². The lowest BCUT2D eigenvalue weighted by atomic mass is 10.1. The Bertz CT molecular complexity index is 746. The molecule has 8 nitrogen and oxygen atoms in total. The summed E-state index contributed by atoms with van der Waals surface area (Å²) in [5.41, 5.74) is 0.834. The molecule has 1 aromatic carbocycles. The number of hydrogen-bond donors (Lipinski definition) is 1. The number of nitrogens with one attached hydrogen (secondary N) is 1. The second-order valence-electron chi connectivity index (χ2n) is 4.94. The quantitative estimate of drug-likeness (QED) is 0.301. The zero-order valence-corrected chi connectivity index (χ0v) is 16.1. The lowest BCUT2D eigenvalue weighted by molar-refractivity contribution is -0.143. The standard InChI is InChI=1S/C16H17IN2O6/c1-4-19-15(21)11(18-16(19)22)6-9-5-10(17)14(12(7-9)23-2)25-8-13(20)24-3/h5-7H,4,8H2,1-3H3,(H,18,22)/b11-6+. The van der Waals surface area contributed by atoms with Gasteiger partial charge in [0.1, 0.15) is 5.70 Å². The highest BCUT2D eigenvalue weighted by Gasteiger charge is 2.32. The molecule has 0 aliphatic carbocycles. The molecular formula is C16H17IN2O6. The molecule has 0 radical (unpaired) electrons. The fourth-order valence-corrected chi connectivity index (χ4v) is 2.96. The molecule has 9 heteroatoms. The second-order valence-corrected chi connectivity index (χ2v) is 6.10. The first-order valence-corrected chi connectivity index (χ1v) is 8.40. The maximum absolute atomic E-state index is 12.1. The second kappa shape index (κ2) is 8.19. The number of nitrogens with zero attached hydrogens (tertiary/aromatic N) is 1. The van der Waals surface area contributed by atoms with Crippen LogP contribution >= 0.6 is 22.6 Å². The van der Waals surface area contributed by atoms with Crippen molar-refractivity contribution in [2.24, 2.45) is 0 Å². The van der Waals surface area contributed by atoms with Crippen LogP contribution in [0.25, 0.3) is 6.08 Å². The summed E-state index contributed by atoms with van der Waals surface area (Å²) < 4.78 is 15.9. The molecule has 2 rings (SSSR count). The highest BCUT2D eigenvalue weighted by atomic mass is 127. The van der Waals surface area contributed by atoms with Crippen molar-refractivity contribution < 1.29 is 28.6 Å². The largest absolute Gasteiger partial charge is 0.493 e. The van der Waals surface area contributed by atoms with Crippen molar-refractivity contribution in [2.75, 3.05) is 27.4 Å². The predicted octanol–water partition coefficient (Wildman–Crippen LogP) is 1.76. The van der Waals surface area contributed by atoms with Crippen LogP contribution in [0.4, 0.5) is 4.79 Å². The van der Waals surface area contributed by atoms with Gasteiger partial charge in [-0.05, 0) is 53.3 Å². The van der Waals surface area contributed by atoms with E-state index in [1.807, 2.05) is 22.6 Å². The van der Waals surface area contributed by atoms with Gasteiger partial charge >= 0.3 is 12.0 Å². The number of halogens is 1. The molecule has 1 saturated heterocycles. The average Bonchev–Trinajstić information content (AvgIpc) is 2.86.